The predicted octanol–water partition coefficient (Wildman–Crippen LogP) is 4.82. The molecule has 1 aromatic heterocycles. The van der Waals surface area contributed by atoms with Crippen molar-refractivity contribution in [1.82, 2.24) is 15.0 Å². The number of non-ortho nitro benzene ring substituents is 1. The molecule has 0 spiro atoms. The number of carbonyl (C=O) groups excluding carboxylic acids is 1. The topological polar surface area (TPSA) is 124 Å². The maximum atomic E-state index is 12.9. The summed E-state index contributed by atoms with van der Waals surface area (Å²) in [5, 5.41) is 15.7. The van der Waals surface area contributed by atoms with E-state index in [4.69, 9.17) is 9.26 Å². The highest BCUT2D eigenvalue weighted by molar-refractivity contribution is 6.06. The second kappa shape index (κ2) is 11.9. The quantitative estimate of drug-likeness (QED) is 0.213. The van der Waals surface area contributed by atoms with E-state index in [0.717, 1.165) is 19.4 Å². The lowest BCUT2D eigenvalue weighted by Gasteiger charge is -2.30. The number of esters is 1. The first-order valence-corrected chi connectivity index (χ1v) is 12.4. The largest absolute Gasteiger partial charge is 0.468 e. The lowest BCUT2D eigenvalue weighted by molar-refractivity contribution is -0.384. The Balaban J connectivity index is 1.59. The third kappa shape index (κ3) is 6.03. The third-order valence-electron chi connectivity index (χ3n) is 6.68. The van der Waals surface area contributed by atoms with Gasteiger partial charge in [0.05, 0.1) is 18.6 Å². The van der Waals surface area contributed by atoms with Crippen LogP contribution in [0.5, 0.6) is 0 Å². The zero-order valence-corrected chi connectivity index (χ0v) is 22.0. The Labute approximate surface area is 221 Å². The number of rotatable bonds is 10. The fourth-order valence-corrected chi connectivity index (χ4v) is 4.89. The standard InChI is InChI=1S/C28H31N5O5/c1-18-24(27-30-23(31-38-27)17-32(3)15-9-12-20-10-6-5-7-11-20)26(25(19(2)29-18)28(34)37-4)21-13-8-14-22(16-21)33(35)36/h5-8,10-11,13-14,16,25-26H,9,12,15,17H2,1-4H3. The lowest BCUT2D eigenvalue weighted by Crippen LogP contribution is -2.33. The SMILES string of the molecule is COC(=O)C1C(C)=NC(C)=C(c2nc(CN(C)CCCc3ccccc3)no2)C1c1cccc([N+](=O)[O-])c1. The first-order valence-electron chi connectivity index (χ1n) is 12.4. The zero-order chi connectivity index (χ0) is 27.2. The number of aromatic nitrogens is 2. The molecule has 0 saturated carbocycles. The van der Waals surface area contributed by atoms with Crippen molar-refractivity contribution in [2.45, 2.75) is 39.2 Å². The molecule has 0 radical (unpaired) electrons. The van der Waals surface area contributed by atoms with Crippen LogP contribution >= 0.6 is 0 Å². The van der Waals surface area contributed by atoms with Crippen molar-refractivity contribution in [2.24, 2.45) is 10.9 Å². The molecule has 0 N–H and O–H groups in total. The summed E-state index contributed by atoms with van der Waals surface area (Å²) in [6.07, 6.45) is 1.96. The smallest absolute Gasteiger partial charge is 0.315 e. The number of aliphatic imine (C=N–C) groups is 1. The Morgan fingerprint density at radius 2 is 1.92 bits per heavy atom. The van der Waals surface area contributed by atoms with Crippen LogP contribution in [0.1, 0.15) is 49.0 Å². The molecule has 1 aliphatic rings. The van der Waals surface area contributed by atoms with Crippen LogP contribution in [-0.4, -0.2) is 52.3 Å². The molecule has 2 heterocycles. The van der Waals surface area contributed by atoms with Gasteiger partial charge in [0.1, 0.15) is 5.92 Å². The number of hydrogen-bond acceptors (Lipinski definition) is 9. The summed E-state index contributed by atoms with van der Waals surface area (Å²) >= 11 is 0. The van der Waals surface area contributed by atoms with Crippen molar-refractivity contribution < 1.29 is 19.0 Å². The van der Waals surface area contributed by atoms with Crippen molar-refractivity contribution in [3.63, 3.8) is 0 Å². The number of benzene rings is 2. The molecule has 4 rings (SSSR count). The van der Waals surface area contributed by atoms with E-state index in [0.29, 0.717) is 34.9 Å². The minimum atomic E-state index is -0.795. The van der Waals surface area contributed by atoms with E-state index in [2.05, 4.69) is 32.2 Å². The summed E-state index contributed by atoms with van der Waals surface area (Å²) < 4.78 is 10.8. The van der Waals surface area contributed by atoms with Crippen LogP contribution in [0.25, 0.3) is 5.57 Å². The van der Waals surface area contributed by atoms with Gasteiger partial charge in [-0.2, -0.15) is 4.98 Å². The zero-order valence-electron chi connectivity index (χ0n) is 22.0. The molecule has 2 unspecified atom stereocenters. The van der Waals surface area contributed by atoms with E-state index in [9.17, 15) is 14.9 Å². The third-order valence-corrected chi connectivity index (χ3v) is 6.68. The van der Waals surface area contributed by atoms with Crippen molar-refractivity contribution in [2.75, 3.05) is 20.7 Å². The van der Waals surface area contributed by atoms with Gasteiger partial charge in [0.25, 0.3) is 11.6 Å². The molecule has 198 valence electrons. The minimum Gasteiger partial charge on any atom is -0.468 e. The number of carbonyl (C=O) groups is 1. The number of nitro benzene ring substituents is 1. The van der Waals surface area contributed by atoms with Crippen LogP contribution in [0.4, 0.5) is 5.69 Å². The van der Waals surface area contributed by atoms with Crippen molar-refractivity contribution in [1.29, 1.82) is 0 Å². The highest BCUT2D eigenvalue weighted by Crippen LogP contribution is 2.44. The summed E-state index contributed by atoms with van der Waals surface area (Å²) in [6, 6.07) is 16.6. The van der Waals surface area contributed by atoms with Crippen molar-refractivity contribution in [3.8, 4) is 0 Å². The molecule has 1 aliphatic heterocycles. The van der Waals surface area contributed by atoms with Crippen LogP contribution in [0.2, 0.25) is 0 Å². The van der Waals surface area contributed by atoms with Crippen LogP contribution in [-0.2, 0) is 22.5 Å². The molecular weight excluding hydrogens is 486 g/mol. The molecule has 10 nitrogen and oxygen atoms in total. The molecule has 38 heavy (non-hydrogen) atoms. The van der Waals surface area contributed by atoms with Gasteiger partial charge in [-0.15, -0.1) is 0 Å². The highest BCUT2D eigenvalue weighted by atomic mass is 16.6. The molecule has 0 amide bonds. The molecule has 0 saturated heterocycles. The average molecular weight is 518 g/mol. The van der Waals surface area contributed by atoms with Gasteiger partial charge in [-0.25, -0.2) is 0 Å². The van der Waals surface area contributed by atoms with Gasteiger partial charge < -0.3 is 9.26 Å². The maximum Gasteiger partial charge on any atom is 0.315 e. The number of nitrogens with zero attached hydrogens (tertiary/aromatic N) is 5. The lowest BCUT2D eigenvalue weighted by atomic mass is 9.75. The minimum absolute atomic E-state index is 0.0772. The van der Waals surface area contributed by atoms with Gasteiger partial charge in [0, 0.05) is 35.0 Å². The van der Waals surface area contributed by atoms with E-state index in [1.54, 1.807) is 26.0 Å². The Morgan fingerprint density at radius 3 is 2.63 bits per heavy atom. The average Bonchev–Trinajstić information content (AvgIpc) is 3.36. The van der Waals surface area contributed by atoms with Crippen LogP contribution in [0.15, 0.2) is 69.8 Å². The Kier molecular flexibility index (Phi) is 8.42. The molecule has 3 aromatic rings. The molecule has 0 aliphatic carbocycles. The summed E-state index contributed by atoms with van der Waals surface area (Å²) in [5.74, 6) is -1.20. The van der Waals surface area contributed by atoms with E-state index >= 15 is 0 Å². The first kappa shape index (κ1) is 26.9. The molecule has 2 aromatic carbocycles. The molecule has 10 heteroatoms. The number of methoxy groups -OCH3 is 1. The summed E-state index contributed by atoms with van der Waals surface area (Å²) in [6.45, 7) is 4.88. The fraction of sp³-hybridized carbons (Fsp3) is 0.357. The first-order chi connectivity index (χ1) is 18.3. The fourth-order valence-electron chi connectivity index (χ4n) is 4.89. The maximum absolute atomic E-state index is 12.9. The van der Waals surface area contributed by atoms with Gasteiger partial charge in [-0.05, 0) is 51.4 Å². The Hall–Kier alpha value is -4.18. The molecule has 0 fully saturated rings. The Bertz CT molecular complexity index is 1360. The number of nitro groups is 1. The number of allylic oxidation sites excluding steroid dienone is 2. The van der Waals surface area contributed by atoms with Crippen LogP contribution in [0.3, 0.4) is 0 Å². The van der Waals surface area contributed by atoms with E-state index in [1.165, 1.54) is 24.8 Å². The van der Waals surface area contributed by atoms with Gasteiger partial charge in [-0.3, -0.25) is 24.8 Å². The van der Waals surface area contributed by atoms with E-state index < -0.39 is 22.7 Å². The monoisotopic (exact) mass is 517 g/mol. The summed E-state index contributed by atoms with van der Waals surface area (Å²) in [4.78, 5) is 35.2. The second-order valence-corrected chi connectivity index (χ2v) is 9.43. The molecule has 0 bridgehead atoms. The van der Waals surface area contributed by atoms with Crippen LogP contribution < -0.4 is 0 Å². The molecular formula is C28H31N5O5. The predicted molar refractivity (Wildman–Crippen MR) is 142 cm³/mol. The normalized spacial score (nSPS) is 17.4. The summed E-state index contributed by atoms with van der Waals surface area (Å²) in [7, 11) is 3.31. The van der Waals surface area contributed by atoms with Gasteiger partial charge in [0.2, 0.25) is 0 Å². The number of hydrogen-bond donors (Lipinski definition) is 0. The van der Waals surface area contributed by atoms with Crippen LogP contribution in [0, 0.1) is 16.0 Å². The van der Waals surface area contributed by atoms with E-state index in [1.807, 2.05) is 25.2 Å². The van der Waals surface area contributed by atoms with E-state index in [-0.39, 0.29) is 11.6 Å². The van der Waals surface area contributed by atoms with Gasteiger partial charge in [-0.1, -0.05) is 47.6 Å². The Morgan fingerprint density at radius 1 is 1.16 bits per heavy atom. The number of ether oxygens (including phenoxy) is 1. The van der Waals surface area contributed by atoms with Gasteiger partial charge >= 0.3 is 5.97 Å². The number of aryl methyl sites for hydroxylation is 1. The highest BCUT2D eigenvalue weighted by Gasteiger charge is 2.42. The van der Waals surface area contributed by atoms with Crippen molar-refractivity contribution in [3.05, 3.63) is 93.3 Å². The molecule has 2 atom stereocenters. The second-order valence-electron chi connectivity index (χ2n) is 9.43. The summed E-state index contributed by atoms with van der Waals surface area (Å²) in [5.41, 5.74) is 3.49. The van der Waals surface area contributed by atoms with Gasteiger partial charge in [0.15, 0.2) is 5.82 Å². The van der Waals surface area contributed by atoms with Crippen molar-refractivity contribution >= 4 is 22.9 Å².